The van der Waals surface area contributed by atoms with E-state index in [-0.39, 0.29) is 5.69 Å². The number of nitrogen functional groups attached to an aromatic ring is 1. The van der Waals surface area contributed by atoms with Crippen LogP contribution in [0.3, 0.4) is 0 Å². The Bertz CT molecular complexity index is 505. The van der Waals surface area contributed by atoms with Gasteiger partial charge in [-0.1, -0.05) is 12.1 Å². The molecular formula is C10H9N3O2. The van der Waals surface area contributed by atoms with Gasteiger partial charge in [0.05, 0.1) is 23.9 Å². The molecule has 0 bridgehead atoms. The van der Waals surface area contributed by atoms with Crippen molar-refractivity contribution in [2.75, 3.05) is 5.73 Å². The second kappa shape index (κ2) is 3.45. The molecular weight excluding hydrogens is 194 g/mol. The zero-order chi connectivity index (χ0) is 10.8. The largest absolute Gasteiger partial charge is 0.477 e. The fourth-order valence-electron chi connectivity index (χ4n) is 1.35. The number of rotatable bonds is 2. The van der Waals surface area contributed by atoms with Crippen molar-refractivity contribution in [3.05, 3.63) is 42.5 Å². The fraction of sp³-hybridized carbons (Fsp3) is 0. The summed E-state index contributed by atoms with van der Waals surface area (Å²) < 4.78 is 1.44. The Balaban J connectivity index is 2.59. The molecule has 0 amide bonds. The highest BCUT2D eigenvalue weighted by molar-refractivity contribution is 5.86. The number of benzene rings is 1. The second-order valence-corrected chi connectivity index (χ2v) is 3.01. The standard InChI is InChI=1S/C10H9N3O2/c11-7-3-1-2-4-8(7)13-6-12-5-9(13)10(14)15/h1-6H,11H2,(H,14,15). The van der Waals surface area contributed by atoms with Crippen LogP contribution in [0.15, 0.2) is 36.8 Å². The zero-order valence-corrected chi connectivity index (χ0v) is 7.79. The van der Waals surface area contributed by atoms with Gasteiger partial charge < -0.3 is 10.8 Å². The van der Waals surface area contributed by atoms with E-state index in [1.54, 1.807) is 24.3 Å². The van der Waals surface area contributed by atoms with Crippen molar-refractivity contribution in [1.82, 2.24) is 9.55 Å². The Morgan fingerprint density at radius 1 is 1.40 bits per heavy atom. The van der Waals surface area contributed by atoms with Crippen LogP contribution in [0, 0.1) is 0 Å². The van der Waals surface area contributed by atoms with E-state index in [4.69, 9.17) is 10.8 Å². The average molecular weight is 203 g/mol. The third-order valence-corrected chi connectivity index (χ3v) is 2.05. The molecule has 2 aromatic rings. The molecule has 15 heavy (non-hydrogen) atoms. The molecule has 2 rings (SSSR count). The number of imidazole rings is 1. The van der Waals surface area contributed by atoms with E-state index < -0.39 is 5.97 Å². The molecule has 0 fully saturated rings. The van der Waals surface area contributed by atoms with Crippen LogP contribution in [0.25, 0.3) is 5.69 Å². The van der Waals surface area contributed by atoms with E-state index in [0.29, 0.717) is 11.4 Å². The highest BCUT2D eigenvalue weighted by Crippen LogP contribution is 2.17. The van der Waals surface area contributed by atoms with Crippen LogP contribution in [-0.4, -0.2) is 20.6 Å². The number of aromatic nitrogens is 2. The van der Waals surface area contributed by atoms with Crippen molar-refractivity contribution in [2.45, 2.75) is 0 Å². The minimum absolute atomic E-state index is 0.0906. The summed E-state index contributed by atoms with van der Waals surface area (Å²) in [5, 5.41) is 8.91. The van der Waals surface area contributed by atoms with Gasteiger partial charge in [0, 0.05) is 0 Å². The van der Waals surface area contributed by atoms with Gasteiger partial charge in [-0.05, 0) is 12.1 Å². The molecule has 0 atom stereocenters. The van der Waals surface area contributed by atoms with Crippen molar-refractivity contribution in [2.24, 2.45) is 0 Å². The van der Waals surface area contributed by atoms with Crippen LogP contribution in [0.5, 0.6) is 0 Å². The molecule has 0 aliphatic carbocycles. The smallest absolute Gasteiger partial charge is 0.354 e. The third-order valence-electron chi connectivity index (χ3n) is 2.05. The van der Waals surface area contributed by atoms with Gasteiger partial charge >= 0.3 is 5.97 Å². The number of hydrogen-bond donors (Lipinski definition) is 2. The number of hydrogen-bond acceptors (Lipinski definition) is 3. The summed E-state index contributed by atoms with van der Waals surface area (Å²) >= 11 is 0. The van der Waals surface area contributed by atoms with Crippen molar-refractivity contribution >= 4 is 11.7 Å². The minimum Gasteiger partial charge on any atom is -0.477 e. The maximum Gasteiger partial charge on any atom is 0.354 e. The number of nitrogens with two attached hydrogens (primary N) is 1. The molecule has 0 saturated carbocycles. The summed E-state index contributed by atoms with van der Waals surface area (Å²) in [6.45, 7) is 0. The maximum absolute atomic E-state index is 10.9. The van der Waals surface area contributed by atoms with Gasteiger partial charge in [0.1, 0.15) is 0 Å². The van der Waals surface area contributed by atoms with Crippen LogP contribution in [-0.2, 0) is 0 Å². The Morgan fingerprint density at radius 3 is 2.80 bits per heavy atom. The Kier molecular flexibility index (Phi) is 2.13. The first-order chi connectivity index (χ1) is 7.20. The molecule has 0 saturated heterocycles. The van der Waals surface area contributed by atoms with E-state index >= 15 is 0 Å². The van der Waals surface area contributed by atoms with Crippen molar-refractivity contribution in [3.63, 3.8) is 0 Å². The molecule has 5 nitrogen and oxygen atoms in total. The molecule has 0 spiro atoms. The van der Waals surface area contributed by atoms with E-state index in [1.807, 2.05) is 0 Å². The molecule has 1 heterocycles. The summed E-state index contributed by atoms with van der Waals surface area (Å²) in [5.74, 6) is -1.03. The molecule has 76 valence electrons. The SMILES string of the molecule is Nc1ccccc1-n1cncc1C(=O)O. The number of anilines is 1. The number of carbonyl (C=O) groups is 1. The topological polar surface area (TPSA) is 81.1 Å². The third kappa shape index (κ3) is 1.54. The highest BCUT2D eigenvalue weighted by Gasteiger charge is 2.12. The minimum atomic E-state index is -1.03. The van der Waals surface area contributed by atoms with Gasteiger partial charge in [0.2, 0.25) is 0 Å². The predicted molar refractivity (Wildman–Crippen MR) is 54.9 cm³/mol. The molecule has 0 unspecified atom stereocenters. The lowest BCUT2D eigenvalue weighted by Gasteiger charge is -2.07. The summed E-state index contributed by atoms with van der Waals surface area (Å²) in [4.78, 5) is 14.7. The molecule has 1 aromatic heterocycles. The van der Waals surface area contributed by atoms with Gasteiger partial charge in [-0.2, -0.15) is 0 Å². The quantitative estimate of drug-likeness (QED) is 0.717. The molecule has 5 heteroatoms. The summed E-state index contributed by atoms with van der Waals surface area (Å²) in [5.41, 5.74) is 6.96. The number of carboxylic acids is 1. The van der Waals surface area contributed by atoms with Crippen molar-refractivity contribution in [1.29, 1.82) is 0 Å². The lowest BCUT2D eigenvalue weighted by atomic mass is 10.2. The van der Waals surface area contributed by atoms with Crippen LogP contribution >= 0.6 is 0 Å². The first-order valence-electron chi connectivity index (χ1n) is 4.30. The molecule has 0 aliphatic rings. The maximum atomic E-state index is 10.9. The molecule has 0 radical (unpaired) electrons. The van der Waals surface area contributed by atoms with Gasteiger partial charge in [0.15, 0.2) is 5.69 Å². The van der Waals surface area contributed by atoms with Crippen LogP contribution in [0.1, 0.15) is 10.5 Å². The number of nitrogens with zero attached hydrogens (tertiary/aromatic N) is 2. The normalized spacial score (nSPS) is 10.1. The van der Waals surface area contributed by atoms with Crippen LogP contribution in [0.4, 0.5) is 5.69 Å². The Labute approximate surface area is 85.8 Å². The average Bonchev–Trinajstić information content (AvgIpc) is 2.67. The Morgan fingerprint density at radius 2 is 2.13 bits per heavy atom. The van der Waals surface area contributed by atoms with E-state index in [1.165, 1.54) is 17.1 Å². The molecule has 0 aliphatic heterocycles. The second-order valence-electron chi connectivity index (χ2n) is 3.01. The molecule has 1 aromatic carbocycles. The van der Waals surface area contributed by atoms with Gasteiger partial charge in [-0.15, -0.1) is 0 Å². The first-order valence-corrected chi connectivity index (χ1v) is 4.30. The monoisotopic (exact) mass is 203 g/mol. The zero-order valence-electron chi connectivity index (χ0n) is 7.79. The lowest BCUT2D eigenvalue weighted by Crippen LogP contribution is -2.07. The van der Waals surface area contributed by atoms with E-state index in [2.05, 4.69) is 4.98 Å². The number of carboxylic acid groups (broad SMARTS) is 1. The summed E-state index contributed by atoms with van der Waals surface area (Å²) in [7, 11) is 0. The van der Waals surface area contributed by atoms with Gasteiger partial charge in [-0.25, -0.2) is 9.78 Å². The molecule has 3 N–H and O–H groups in total. The van der Waals surface area contributed by atoms with Gasteiger partial charge in [0.25, 0.3) is 0 Å². The van der Waals surface area contributed by atoms with Gasteiger partial charge in [-0.3, -0.25) is 4.57 Å². The summed E-state index contributed by atoms with van der Waals surface area (Å²) in [6, 6.07) is 7.03. The van der Waals surface area contributed by atoms with Crippen molar-refractivity contribution in [3.8, 4) is 5.69 Å². The lowest BCUT2D eigenvalue weighted by molar-refractivity contribution is 0.0688. The van der Waals surface area contributed by atoms with E-state index in [0.717, 1.165) is 0 Å². The fourth-order valence-corrected chi connectivity index (χ4v) is 1.35. The van der Waals surface area contributed by atoms with E-state index in [9.17, 15) is 4.79 Å². The predicted octanol–water partition coefficient (Wildman–Crippen LogP) is 1.15. The Hall–Kier alpha value is -2.30. The van der Waals surface area contributed by atoms with Crippen LogP contribution < -0.4 is 5.73 Å². The number of aromatic carboxylic acids is 1. The number of para-hydroxylation sites is 2. The first kappa shape index (κ1) is 9.26. The van der Waals surface area contributed by atoms with Crippen LogP contribution in [0.2, 0.25) is 0 Å². The summed E-state index contributed by atoms with van der Waals surface area (Å²) in [6.07, 6.45) is 2.71. The van der Waals surface area contributed by atoms with Crippen molar-refractivity contribution < 1.29 is 9.90 Å². The highest BCUT2D eigenvalue weighted by atomic mass is 16.4.